The van der Waals surface area contributed by atoms with Crippen LogP contribution in [0.15, 0.2) is 12.2 Å². The van der Waals surface area contributed by atoms with E-state index in [2.05, 4.69) is 26.0 Å². The molecule has 0 bridgehead atoms. The van der Waals surface area contributed by atoms with Gasteiger partial charge < -0.3 is 5.11 Å². The Balaban J connectivity index is 3.11. The van der Waals surface area contributed by atoms with Gasteiger partial charge >= 0.3 is 0 Å². The van der Waals surface area contributed by atoms with Gasteiger partial charge in [0, 0.05) is 0 Å². The van der Waals surface area contributed by atoms with Gasteiger partial charge in [0.1, 0.15) is 0 Å². The second-order valence-corrected chi connectivity index (χ2v) is 3.81. The Labute approximate surface area is 76.5 Å². The first-order valence-corrected chi connectivity index (χ1v) is 4.97. The van der Waals surface area contributed by atoms with Gasteiger partial charge in [0.05, 0.1) is 6.10 Å². The van der Waals surface area contributed by atoms with Crippen LogP contribution in [0, 0.1) is 5.92 Å². The fraction of sp³-hybridized carbons (Fsp3) is 0.818. The molecule has 0 aliphatic carbocycles. The van der Waals surface area contributed by atoms with E-state index in [0.717, 1.165) is 19.3 Å². The highest BCUT2D eigenvalue weighted by Crippen LogP contribution is 2.04. The third-order valence-corrected chi connectivity index (χ3v) is 1.76. The summed E-state index contributed by atoms with van der Waals surface area (Å²) in [7, 11) is 0. The Hall–Kier alpha value is -0.300. The molecule has 0 aliphatic heterocycles. The number of allylic oxidation sites excluding steroid dienone is 2. The molecule has 12 heavy (non-hydrogen) atoms. The van der Waals surface area contributed by atoms with Crippen LogP contribution in [0.5, 0.6) is 0 Å². The highest BCUT2D eigenvalue weighted by Gasteiger charge is 1.93. The van der Waals surface area contributed by atoms with Gasteiger partial charge in [-0.1, -0.05) is 32.4 Å². The van der Waals surface area contributed by atoms with E-state index in [1.54, 1.807) is 0 Å². The number of unbranched alkanes of at least 4 members (excludes halogenated alkanes) is 2. The molecule has 0 unspecified atom stereocenters. The molecule has 1 heteroatoms. The Kier molecular flexibility index (Phi) is 7.17. The fourth-order valence-electron chi connectivity index (χ4n) is 1.07. The molecule has 1 nitrogen and oxygen atoms in total. The normalized spacial score (nSPS) is 14.4. The van der Waals surface area contributed by atoms with E-state index >= 15 is 0 Å². The van der Waals surface area contributed by atoms with Crippen LogP contribution in [0.2, 0.25) is 0 Å². The van der Waals surface area contributed by atoms with E-state index < -0.39 is 0 Å². The molecule has 0 rings (SSSR count). The lowest BCUT2D eigenvalue weighted by Crippen LogP contribution is -1.97. The monoisotopic (exact) mass is 170 g/mol. The van der Waals surface area contributed by atoms with Gasteiger partial charge in [-0.15, -0.1) is 0 Å². The van der Waals surface area contributed by atoms with Gasteiger partial charge in [-0.05, 0) is 32.1 Å². The lowest BCUT2D eigenvalue weighted by molar-refractivity contribution is 0.181. The van der Waals surface area contributed by atoms with E-state index in [4.69, 9.17) is 5.11 Å². The standard InChI is InChI=1S/C11H22O/c1-10(2)8-6-4-5-7-9-11(3)12/h6,8,10-12H,4-5,7,9H2,1-3H3/b8-6+/t11-/m0/s1. The van der Waals surface area contributed by atoms with Crippen molar-refractivity contribution in [3.8, 4) is 0 Å². The van der Waals surface area contributed by atoms with Crippen molar-refractivity contribution in [3.63, 3.8) is 0 Å². The molecule has 0 amide bonds. The van der Waals surface area contributed by atoms with Crippen molar-refractivity contribution in [3.05, 3.63) is 12.2 Å². The van der Waals surface area contributed by atoms with Crippen molar-refractivity contribution in [2.75, 3.05) is 0 Å². The van der Waals surface area contributed by atoms with Crippen LogP contribution in [0.4, 0.5) is 0 Å². The summed E-state index contributed by atoms with van der Waals surface area (Å²) in [5, 5.41) is 8.98. The molecule has 0 aliphatic rings. The zero-order valence-corrected chi connectivity index (χ0v) is 8.59. The minimum atomic E-state index is -0.126. The lowest BCUT2D eigenvalue weighted by Gasteiger charge is -2.01. The molecular weight excluding hydrogens is 148 g/mol. The number of aliphatic hydroxyl groups excluding tert-OH is 1. The van der Waals surface area contributed by atoms with Crippen LogP contribution in [-0.2, 0) is 0 Å². The molecule has 0 saturated carbocycles. The Morgan fingerprint density at radius 3 is 2.33 bits per heavy atom. The van der Waals surface area contributed by atoms with E-state index in [1.807, 2.05) is 6.92 Å². The SMILES string of the molecule is CC(C)/C=C/CCCC[C@H](C)O. The van der Waals surface area contributed by atoms with Gasteiger partial charge in [-0.25, -0.2) is 0 Å². The van der Waals surface area contributed by atoms with E-state index in [0.29, 0.717) is 5.92 Å². The lowest BCUT2D eigenvalue weighted by atomic mass is 10.1. The van der Waals surface area contributed by atoms with Gasteiger partial charge in [0.2, 0.25) is 0 Å². The number of rotatable bonds is 6. The van der Waals surface area contributed by atoms with Crippen molar-refractivity contribution in [2.45, 2.75) is 52.6 Å². The Morgan fingerprint density at radius 2 is 1.83 bits per heavy atom. The zero-order chi connectivity index (χ0) is 9.40. The molecular formula is C11H22O. The van der Waals surface area contributed by atoms with E-state index in [1.165, 1.54) is 6.42 Å². The van der Waals surface area contributed by atoms with E-state index in [-0.39, 0.29) is 6.10 Å². The maximum absolute atomic E-state index is 8.98. The largest absolute Gasteiger partial charge is 0.393 e. The fourth-order valence-corrected chi connectivity index (χ4v) is 1.07. The molecule has 0 saturated heterocycles. The van der Waals surface area contributed by atoms with Crippen LogP contribution in [-0.4, -0.2) is 11.2 Å². The zero-order valence-electron chi connectivity index (χ0n) is 8.59. The molecule has 1 atom stereocenters. The van der Waals surface area contributed by atoms with Crippen molar-refractivity contribution >= 4 is 0 Å². The molecule has 0 fully saturated rings. The molecule has 72 valence electrons. The second kappa shape index (κ2) is 7.35. The number of hydrogen-bond donors (Lipinski definition) is 1. The predicted octanol–water partition coefficient (Wildman–Crippen LogP) is 3.14. The average molecular weight is 170 g/mol. The topological polar surface area (TPSA) is 20.2 Å². The predicted molar refractivity (Wildman–Crippen MR) is 54.1 cm³/mol. The summed E-state index contributed by atoms with van der Waals surface area (Å²) < 4.78 is 0. The molecule has 0 aromatic carbocycles. The Morgan fingerprint density at radius 1 is 1.17 bits per heavy atom. The first-order valence-electron chi connectivity index (χ1n) is 4.97. The first-order chi connectivity index (χ1) is 5.63. The first kappa shape index (κ1) is 11.7. The van der Waals surface area contributed by atoms with Crippen molar-refractivity contribution in [2.24, 2.45) is 5.92 Å². The van der Waals surface area contributed by atoms with Gasteiger partial charge in [-0.3, -0.25) is 0 Å². The smallest absolute Gasteiger partial charge is 0.0512 e. The van der Waals surface area contributed by atoms with Gasteiger partial charge in [0.25, 0.3) is 0 Å². The van der Waals surface area contributed by atoms with Crippen LogP contribution >= 0.6 is 0 Å². The summed E-state index contributed by atoms with van der Waals surface area (Å²) in [6.45, 7) is 6.22. The van der Waals surface area contributed by atoms with Crippen LogP contribution in [0.25, 0.3) is 0 Å². The summed E-state index contributed by atoms with van der Waals surface area (Å²) in [5.41, 5.74) is 0. The number of hydrogen-bond acceptors (Lipinski definition) is 1. The summed E-state index contributed by atoms with van der Waals surface area (Å²) in [4.78, 5) is 0. The highest BCUT2D eigenvalue weighted by atomic mass is 16.3. The third kappa shape index (κ3) is 9.70. The van der Waals surface area contributed by atoms with Crippen molar-refractivity contribution < 1.29 is 5.11 Å². The molecule has 0 aromatic heterocycles. The van der Waals surface area contributed by atoms with Gasteiger partial charge in [0.15, 0.2) is 0 Å². The maximum Gasteiger partial charge on any atom is 0.0512 e. The Bertz CT molecular complexity index is 114. The van der Waals surface area contributed by atoms with Crippen LogP contribution < -0.4 is 0 Å². The minimum absolute atomic E-state index is 0.126. The molecule has 0 heterocycles. The van der Waals surface area contributed by atoms with E-state index in [9.17, 15) is 0 Å². The summed E-state index contributed by atoms with van der Waals surface area (Å²) in [5.74, 6) is 0.668. The maximum atomic E-state index is 8.98. The van der Waals surface area contributed by atoms with Crippen molar-refractivity contribution in [1.82, 2.24) is 0 Å². The minimum Gasteiger partial charge on any atom is -0.393 e. The summed E-state index contributed by atoms with van der Waals surface area (Å²) in [6, 6.07) is 0. The summed E-state index contributed by atoms with van der Waals surface area (Å²) >= 11 is 0. The van der Waals surface area contributed by atoms with Gasteiger partial charge in [-0.2, -0.15) is 0 Å². The van der Waals surface area contributed by atoms with Crippen LogP contribution in [0.1, 0.15) is 46.5 Å². The molecule has 0 radical (unpaired) electrons. The third-order valence-electron chi connectivity index (χ3n) is 1.76. The second-order valence-electron chi connectivity index (χ2n) is 3.81. The van der Waals surface area contributed by atoms with Crippen molar-refractivity contribution in [1.29, 1.82) is 0 Å². The average Bonchev–Trinajstić information content (AvgIpc) is 1.95. The molecule has 1 N–H and O–H groups in total. The quantitative estimate of drug-likeness (QED) is 0.479. The number of aliphatic hydroxyl groups is 1. The molecule has 0 spiro atoms. The molecule has 0 aromatic rings. The van der Waals surface area contributed by atoms with Crippen LogP contribution in [0.3, 0.4) is 0 Å². The summed E-state index contributed by atoms with van der Waals surface area (Å²) in [6.07, 6.45) is 8.79. The highest BCUT2D eigenvalue weighted by molar-refractivity contribution is 4.83.